The van der Waals surface area contributed by atoms with Crippen LogP contribution < -0.4 is 5.32 Å². The summed E-state index contributed by atoms with van der Waals surface area (Å²) in [5.74, 6) is 0.568. The molecular weight excluding hydrogens is 418 g/mol. The van der Waals surface area contributed by atoms with Crippen LogP contribution in [0.4, 0.5) is 5.69 Å². The molecular formula is C26H39N3O4. The summed E-state index contributed by atoms with van der Waals surface area (Å²) in [5, 5.41) is 2.91. The molecule has 2 fully saturated rings. The van der Waals surface area contributed by atoms with Crippen LogP contribution in [0.15, 0.2) is 18.2 Å². The SMILES string of the molecule is C[C@@H]1C[C@H](C)CN(C(=O)c2cc(C(C)(C)C)ccc2NC(=O)CCC(=O)N2CCOCC2)C1. The molecule has 1 aromatic carbocycles. The third-order valence-corrected chi connectivity index (χ3v) is 6.48. The summed E-state index contributed by atoms with van der Waals surface area (Å²) < 4.78 is 5.28. The molecule has 2 saturated heterocycles. The first-order chi connectivity index (χ1) is 15.5. The van der Waals surface area contributed by atoms with Gasteiger partial charge >= 0.3 is 0 Å². The van der Waals surface area contributed by atoms with E-state index in [2.05, 4.69) is 39.9 Å². The highest BCUT2D eigenvalue weighted by molar-refractivity contribution is 6.04. The van der Waals surface area contributed by atoms with Gasteiger partial charge in [0.1, 0.15) is 0 Å². The number of piperidine rings is 1. The van der Waals surface area contributed by atoms with Gasteiger partial charge in [-0.3, -0.25) is 14.4 Å². The van der Waals surface area contributed by atoms with Gasteiger partial charge in [-0.15, -0.1) is 0 Å². The minimum Gasteiger partial charge on any atom is -0.378 e. The fourth-order valence-corrected chi connectivity index (χ4v) is 4.70. The summed E-state index contributed by atoms with van der Waals surface area (Å²) in [7, 11) is 0. The van der Waals surface area contributed by atoms with Crippen LogP contribution in [0.25, 0.3) is 0 Å². The molecule has 2 aliphatic rings. The second-order valence-corrected chi connectivity index (χ2v) is 10.7. The quantitative estimate of drug-likeness (QED) is 0.732. The fourth-order valence-electron chi connectivity index (χ4n) is 4.70. The number of hydrogen-bond donors (Lipinski definition) is 1. The number of benzene rings is 1. The molecule has 7 nitrogen and oxygen atoms in total. The highest BCUT2D eigenvalue weighted by Gasteiger charge is 2.29. The first-order valence-corrected chi connectivity index (χ1v) is 12.1. The predicted octanol–water partition coefficient (Wildman–Crippen LogP) is 3.68. The fraction of sp³-hybridized carbons (Fsp3) is 0.654. The number of likely N-dealkylation sites (tertiary alicyclic amines) is 1. The van der Waals surface area contributed by atoms with Crippen molar-refractivity contribution in [3.63, 3.8) is 0 Å². The molecule has 2 heterocycles. The highest BCUT2D eigenvalue weighted by atomic mass is 16.5. The van der Waals surface area contributed by atoms with Crippen molar-refractivity contribution in [2.45, 2.75) is 59.3 Å². The molecule has 33 heavy (non-hydrogen) atoms. The third kappa shape index (κ3) is 6.79. The Morgan fingerprint density at radius 3 is 2.24 bits per heavy atom. The van der Waals surface area contributed by atoms with Gasteiger partial charge in [0, 0.05) is 39.0 Å². The van der Waals surface area contributed by atoms with Gasteiger partial charge in [0.25, 0.3) is 5.91 Å². The summed E-state index contributed by atoms with van der Waals surface area (Å²) in [6, 6.07) is 5.71. The standard InChI is InChI=1S/C26H39N3O4/c1-18-14-19(2)17-29(16-18)25(32)21-15-20(26(3,4)5)6-7-22(21)27-23(30)8-9-24(31)28-10-12-33-13-11-28/h6-7,15,18-19H,8-14,16-17H2,1-5H3,(H,27,30)/t18-,19+. The van der Waals surface area contributed by atoms with Crippen LogP contribution in [0.1, 0.15) is 69.8 Å². The van der Waals surface area contributed by atoms with Crippen LogP contribution in [0.3, 0.4) is 0 Å². The maximum Gasteiger partial charge on any atom is 0.255 e. The minimum absolute atomic E-state index is 0.0378. The zero-order valence-corrected chi connectivity index (χ0v) is 20.8. The van der Waals surface area contributed by atoms with E-state index in [0.29, 0.717) is 49.4 Å². The van der Waals surface area contributed by atoms with Gasteiger partial charge in [-0.1, -0.05) is 40.7 Å². The lowest BCUT2D eigenvalue weighted by molar-refractivity contribution is -0.136. The smallest absolute Gasteiger partial charge is 0.255 e. The monoisotopic (exact) mass is 457 g/mol. The van der Waals surface area contributed by atoms with Crippen LogP contribution in [0, 0.1) is 11.8 Å². The van der Waals surface area contributed by atoms with Crippen molar-refractivity contribution in [2.75, 3.05) is 44.7 Å². The van der Waals surface area contributed by atoms with E-state index >= 15 is 0 Å². The van der Waals surface area contributed by atoms with E-state index in [-0.39, 0.29) is 36.0 Å². The number of nitrogens with one attached hydrogen (secondary N) is 1. The Hall–Kier alpha value is -2.41. The lowest BCUT2D eigenvalue weighted by Gasteiger charge is -2.35. The molecule has 2 aliphatic heterocycles. The van der Waals surface area contributed by atoms with Crippen LogP contribution in [0.5, 0.6) is 0 Å². The first kappa shape index (κ1) is 25.2. The van der Waals surface area contributed by atoms with Crippen molar-refractivity contribution in [1.29, 1.82) is 0 Å². The van der Waals surface area contributed by atoms with Gasteiger partial charge < -0.3 is 19.9 Å². The number of nitrogens with zero attached hydrogens (tertiary/aromatic N) is 2. The number of ether oxygens (including phenoxy) is 1. The maximum absolute atomic E-state index is 13.5. The van der Waals surface area contributed by atoms with E-state index in [1.807, 2.05) is 23.1 Å². The van der Waals surface area contributed by atoms with E-state index in [9.17, 15) is 14.4 Å². The molecule has 3 amide bonds. The Morgan fingerprint density at radius 2 is 1.64 bits per heavy atom. The number of hydrogen-bond acceptors (Lipinski definition) is 4. The highest BCUT2D eigenvalue weighted by Crippen LogP contribution is 2.30. The van der Waals surface area contributed by atoms with Crippen molar-refractivity contribution in [1.82, 2.24) is 9.80 Å². The first-order valence-electron chi connectivity index (χ1n) is 12.1. The van der Waals surface area contributed by atoms with E-state index in [1.165, 1.54) is 0 Å². The minimum atomic E-state index is -0.255. The molecule has 182 valence electrons. The Bertz CT molecular complexity index is 861. The second kappa shape index (κ2) is 10.7. The molecule has 0 aromatic heterocycles. The number of carbonyl (C=O) groups excluding carboxylic acids is 3. The molecule has 0 spiro atoms. The summed E-state index contributed by atoms with van der Waals surface area (Å²) in [5.41, 5.74) is 1.97. The van der Waals surface area contributed by atoms with Crippen LogP contribution in [0.2, 0.25) is 0 Å². The van der Waals surface area contributed by atoms with Gasteiger partial charge in [-0.05, 0) is 41.4 Å². The second-order valence-electron chi connectivity index (χ2n) is 10.7. The molecule has 1 aromatic rings. The Balaban J connectivity index is 1.74. The van der Waals surface area contributed by atoms with E-state index < -0.39 is 0 Å². The molecule has 7 heteroatoms. The van der Waals surface area contributed by atoms with Crippen LogP contribution >= 0.6 is 0 Å². The molecule has 0 bridgehead atoms. The maximum atomic E-state index is 13.5. The normalized spacial score (nSPS) is 21.6. The lowest BCUT2D eigenvalue weighted by atomic mass is 9.85. The number of carbonyl (C=O) groups is 3. The van der Waals surface area contributed by atoms with Crippen molar-refractivity contribution in [2.24, 2.45) is 11.8 Å². The van der Waals surface area contributed by atoms with E-state index in [1.54, 1.807) is 4.90 Å². The number of rotatable bonds is 5. The summed E-state index contributed by atoms with van der Waals surface area (Å²) in [6.45, 7) is 14.3. The number of morpholine rings is 1. The van der Waals surface area contributed by atoms with Crippen molar-refractivity contribution in [3.8, 4) is 0 Å². The number of amides is 3. The third-order valence-electron chi connectivity index (χ3n) is 6.48. The van der Waals surface area contributed by atoms with E-state index in [4.69, 9.17) is 4.74 Å². The topological polar surface area (TPSA) is 79.0 Å². The Kier molecular flexibility index (Phi) is 8.16. The lowest BCUT2D eigenvalue weighted by Crippen LogP contribution is -2.43. The molecule has 2 atom stereocenters. The van der Waals surface area contributed by atoms with Gasteiger partial charge in [-0.2, -0.15) is 0 Å². The molecule has 0 unspecified atom stereocenters. The van der Waals surface area contributed by atoms with Crippen LogP contribution in [-0.4, -0.2) is 66.9 Å². The molecule has 0 radical (unpaired) electrons. The largest absolute Gasteiger partial charge is 0.378 e. The zero-order valence-electron chi connectivity index (χ0n) is 20.8. The molecule has 3 rings (SSSR count). The average Bonchev–Trinajstić information content (AvgIpc) is 2.76. The van der Waals surface area contributed by atoms with Crippen molar-refractivity contribution < 1.29 is 19.1 Å². The molecule has 0 saturated carbocycles. The number of anilines is 1. The Labute approximate surface area is 197 Å². The Morgan fingerprint density at radius 1 is 1.00 bits per heavy atom. The zero-order chi connectivity index (χ0) is 24.2. The molecule has 0 aliphatic carbocycles. The predicted molar refractivity (Wildman–Crippen MR) is 129 cm³/mol. The summed E-state index contributed by atoms with van der Waals surface area (Å²) in [6.07, 6.45) is 1.35. The van der Waals surface area contributed by atoms with Gasteiger partial charge in [0.15, 0.2) is 0 Å². The van der Waals surface area contributed by atoms with Gasteiger partial charge in [0.05, 0.1) is 24.5 Å². The summed E-state index contributed by atoms with van der Waals surface area (Å²) in [4.78, 5) is 42.3. The van der Waals surface area contributed by atoms with Crippen molar-refractivity contribution in [3.05, 3.63) is 29.3 Å². The molecule has 1 N–H and O–H groups in total. The van der Waals surface area contributed by atoms with Crippen molar-refractivity contribution >= 4 is 23.4 Å². The van der Waals surface area contributed by atoms with E-state index in [0.717, 1.165) is 25.1 Å². The van der Waals surface area contributed by atoms with Crippen LogP contribution in [-0.2, 0) is 19.7 Å². The van der Waals surface area contributed by atoms with Gasteiger partial charge in [0.2, 0.25) is 11.8 Å². The van der Waals surface area contributed by atoms with Gasteiger partial charge in [-0.25, -0.2) is 0 Å². The average molecular weight is 458 g/mol. The summed E-state index contributed by atoms with van der Waals surface area (Å²) >= 11 is 0.